The van der Waals surface area contributed by atoms with Crippen LogP contribution in [-0.2, 0) is 6.54 Å². The number of hydrogen-bond donors (Lipinski definition) is 1. The lowest BCUT2D eigenvalue weighted by atomic mass is 10.0. The summed E-state index contributed by atoms with van der Waals surface area (Å²) in [5, 5.41) is 9.03. The molecule has 1 heterocycles. The fourth-order valence-corrected chi connectivity index (χ4v) is 3.28. The number of nitrogens with zero attached hydrogens (tertiary/aromatic N) is 2. The minimum Gasteiger partial charge on any atom is -0.478 e. The van der Waals surface area contributed by atoms with Gasteiger partial charge in [0.1, 0.15) is 5.82 Å². The summed E-state index contributed by atoms with van der Waals surface area (Å²) in [5.41, 5.74) is 2.14. The molecule has 4 nitrogen and oxygen atoms in total. The Kier molecular flexibility index (Phi) is 3.47. The van der Waals surface area contributed by atoms with E-state index in [1.807, 2.05) is 13.0 Å². The van der Waals surface area contributed by atoms with Crippen molar-refractivity contribution in [2.75, 3.05) is 0 Å². The molecule has 0 saturated heterocycles. The molecule has 0 amide bonds. The zero-order valence-corrected chi connectivity index (χ0v) is 11.8. The highest BCUT2D eigenvalue weighted by atomic mass is 16.4. The molecular weight excluding hydrogens is 252 g/mol. The van der Waals surface area contributed by atoms with Gasteiger partial charge in [-0.05, 0) is 37.5 Å². The molecule has 4 heteroatoms. The Bertz CT molecular complexity index is 639. The van der Waals surface area contributed by atoms with Crippen LogP contribution >= 0.6 is 0 Å². The molecule has 1 aliphatic rings. The highest BCUT2D eigenvalue weighted by molar-refractivity contribution is 5.92. The number of carbonyl (C=O) groups is 1. The van der Waals surface area contributed by atoms with Crippen LogP contribution in [0.5, 0.6) is 0 Å². The molecular formula is C16H20N2O2. The Labute approximate surface area is 118 Å². The van der Waals surface area contributed by atoms with E-state index in [1.165, 1.54) is 32.1 Å². The lowest BCUT2D eigenvalue weighted by Gasteiger charge is -2.11. The number of fused-ring (bicyclic) bond motifs is 1. The standard InChI is InChI=1S/C16H20N2O2/c1-11-17-14-10-13(16(19)20)6-7-15(14)18(11)9-8-12-4-2-3-5-12/h6-7,10,12H,2-5,8-9H2,1H3,(H,19,20). The first kappa shape index (κ1) is 13.2. The van der Waals surface area contributed by atoms with Crippen molar-refractivity contribution in [2.24, 2.45) is 5.92 Å². The van der Waals surface area contributed by atoms with Crippen LogP contribution in [0, 0.1) is 12.8 Å². The van der Waals surface area contributed by atoms with Crippen molar-refractivity contribution >= 4 is 17.0 Å². The summed E-state index contributed by atoms with van der Waals surface area (Å²) in [4.78, 5) is 15.5. The molecule has 1 N–H and O–H groups in total. The van der Waals surface area contributed by atoms with Gasteiger partial charge in [0.25, 0.3) is 0 Å². The van der Waals surface area contributed by atoms with Crippen LogP contribution in [0.4, 0.5) is 0 Å². The molecule has 1 aliphatic carbocycles. The Hall–Kier alpha value is -1.84. The van der Waals surface area contributed by atoms with Crippen molar-refractivity contribution < 1.29 is 9.90 Å². The largest absolute Gasteiger partial charge is 0.478 e. The molecule has 0 atom stereocenters. The normalized spacial score (nSPS) is 16.1. The summed E-state index contributed by atoms with van der Waals surface area (Å²) in [6.07, 6.45) is 6.66. The van der Waals surface area contributed by atoms with Gasteiger partial charge in [-0.1, -0.05) is 25.7 Å². The van der Waals surface area contributed by atoms with E-state index in [0.717, 1.165) is 29.3 Å². The molecule has 2 aromatic rings. The highest BCUT2D eigenvalue weighted by Gasteiger charge is 2.16. The quantitative estimate of drug-likeness (QED) is 0.924. The van der Waals surface area contributed by atoms with Gasteiger partial charge in [-0.25, -0.2) is 9.78 Å². The van der Waals surface area contributed by atoms with Crippen LogP contribution < -0.4 is 0 Å². The number of benzene rings is 1. The van der Waals surface area contributed by atoms with Crippen LogP contribution in [0.15, 0.2) is 18.2 Å². The summed E-state index contributed by atoms with van der Waals surface area (Å²) in [6.45, 7) is 2.98. The average Bonchev–Trinajstić information content (AvgIpc) is 3.02. The van der Waals surface area contributed by atoms with Gasteiger partial charge in [-0.15, -0.1) is 0 Å². The van der Waals surface area contributed by atoms with Crippen molar-refractivity contribution in [3.63, 3.8) is 0 Å². The Morgan fingerprint density at radius 2 is 2.15 bits per heavy atom. The van der Waals surface area contributed by atoms with Gasteiger partial charge < -0.3 is 9.67 Å². The zero-order valence-electron chi connectivity index (χ0n) is 11.8. The molecule has 0 spiro atoms. The van der Waals surface area contributed by atoms with Gasteiger partial charge in [0.05, 0.1) is 16.6 Å². The monoisotopic (exact) mass is 272 g/mol. The summed E-state index contributed by atoms with van der Waals surface area (Å²) in [7, 11) is 0. The molecule has 0 aliphatic heterocycles. The van der Waals surface area contributed by atoms with Crippen molar-refractivity contribution in [3.8, 4) is 0 Å². The number of imidazole rings is 1. The smallest absolute Gasteiger partial charge is 0.335 e. The molecule has 0 unspecified atom stereocenters. The van der Waals surface area contributed by atoms with Gasteiger partial charge in [0.2, 0.25) is 0 Å². The van der Waals surface area contributed by atoms with E-state index in [1.54, 1.807) is 12.1 Å². The molecule has 1 aromatic heterocycles. The first-order valence-corrected chi connectivity index (χ1v) is 7.35. The number of aryl methyl sites for hydroxylation is 2. The second-order valence-electron chi connectivity index (χ2n) is 5.76. The minimum absolute atomic E-state index is 0.304. The van der Waals surface area contributed by atoms with E-state index in [-0.39, 0.29) is 0 Å². The summed E-state index contributed by atoms with van der Waals surface area (Å²) >= 11 is 0. The van der Waals surface area contributed by atoms with E-state index < -0.39 is 5.97 Å². The minimum atomic E-state index is -0.898. The number of rotatable bonds is 4. The second kappa shape index (κ2) is 5.27. The molecule has 0 radical (unpaired) electrons. The van der Waals surface area contributed by atoms with E-state index in [9.17, 15) is 4.79 Å². The maximum absolute atomic E-state index is 11.0. The fourth-order valence-electron chi connectivity index (χ4n) is 3.28. The van der Waals surface area contributed by atoms with Crippen LogP contribution in [0.1, 0.15) is 48.3 Å². The number of carboxylic acid groups (broad SMARTS) is 1. The van der Waals surface area contributed by atoms with Gasteiger partial charge in [0, 0.05) is 6.54 Å². The molecule has 20 heavy (non-hydrogen) atoms. The van der Waals surface area contributed by atoms with E-state index >= 15 is 0 Å². The van der Waals surface area contributed by atoms with Crippen molar-refractivity contribution in [1.82, 2.24) is 9.55 Å². The molecule has 106 valence electrons. The summed E-state index contributed by atoms with van der Waals surface area (Å²) in [6, 6.07) is 5.21. The lowest BCUT2D eigenvalue weighted by Crippen LogP contribution is -2.05. The Morgan fingerprint density at radius 1 is 1.40 bits per heavy atom. The van der Waals surface area contributed by atoms with Crippen LogP contribution in [0.3, 0.4) is 0 Å². The summed E-state index contributed by atoms with van der Waals surface area (Å²) < 4.78 is 2.22. The average molecular weight is 272 g/mol. The lowest BCUT2D eigenvalue weighted by molar-refractivity contribution is 0.0697. The van der Waals surface area contributed by atoms with Gasteiger partial charge in [0.15, 0.2) is 0 Å². The topological polar surface area (TPSA) is 55.1 Å². The first-order chi connectivity index (χ1) is 9.65. The molecule has 1 aromatic carbocycles. The van der Waals surface area contributed by atoms with Crippen LogP contribution in [0.25, 0.3) is 11.0 Å². The van der Waals surface area contributed by atoms with E-state index in [2.05, 4.69) is 9.55 Å². The SMILES string of the molecule is Cc1nc2cc(C(=O)O)ccc2n1CCC1CCCC1. The maximum Gasteiger partial charge on any atom is 0.335 e. The number of carboxylic acids is 1. The zero-order chi connectivity index (χ0) is 14.1. The molecule has 1 fully saturated rings. The fraction of sp³-hybridized carbons (Fsp3) is 0.500. The van der Waals surface area contributed by atoms with Crippen molar-refractivity contribution in [2.45, 2.75) is 45.6 Å². The van der Waals surface area contributed by atoms with E-state index in [4.69, 9.17) is 5.11 Å². The van der Waals surface area contributed by atoms with Crippen molar-refractivity contribution in [3.05, 3.63) is 29.6 Å². The van der Waals surface area contributed by atoms with Crippen LogP contribution in [0.2, 0.25) is 0 Å². The van der Waals surface area contributed by atoms with Gasteiger partial charge in [-0.2, -0.15) is 0 Å². The van der Waals surface area contributed by atoms with Gasteiger partial charge >= 0.3 is 5.97 Å². The summed E-state index contributed by atoms with van der Waals surface area (Å²) in [5.74, 6) is 0.927. The predicted molar refractivity (Wildman–Crippen MR) is 78.0 cm³/mol. The second-order valence-corrected chi connectivity index (χ2v) is 5.76. The highest BCUT2D eigenvalue weighted by Crippen LogP contribution is 2.29. The molecule has 3 rings (SSSR count). The third-order valence-electron chi connectivity index (χ3n) is 4.42. The van der Waals surface area contributed by atoms with Crippen molar-refractivity contribution in [1.29, 1.82) is 0 Å². The number of aromatic nitrogens is 2. The first-order valence-electron chi connectivity index (χ1n) is 7.35. The number of aromatic carboxylic acids is 1. The van der Waals surface area contributed by atoms with Gasteiger partial charge in [-0.3, -0.25) is 0 Å². The Morgan fingerprint density at radius 3 is 2.85 bits per heavy atom. The molecule has 0 bridgehead atoms. The van der Waals surface area contributed by atoms with E-state index in [0.29, 0.717) is 5.56 Å². The molecule has 1 saturated carbocycles. The Balaban J connectivity index is 1.86. The van der Waals surface area contributed by atoms with Crippen LogP contribution in [-0.4, -0.2) is 20.6 Å². The maximum atomic E-state index is 11.0. The third kappa shape index (κ3) is 2.42. The number of hydrogen-bond acceptors (Lipinski definition) is 2. The third-order valence-corrected chi connectivity index (χ3v) is 4.42. The predicted octanol–water partition coefficient (Wildman–Crippen LogP) is 3.62.